The summed E-state index contributed by atoms with van der Waals surface area (Å²) in [5.74, 6) is 1.65. The zero-order chi connectivity index (χ0) is 24.2. The molecule has 1 amide bonds. The van der Waals surface area contributed by atoms with Gasteiger partial charge in [0.2, 0.25) is 0 Å². The van der Waals surface area contributed by atoms with Gasteiger partial charge in [0, 0.05) is 44.1 Å². The van der Waals surface area contributed by atoms with Crippen molar-refractivity contribution in [3.05, 3.63) is 89.9 Å². The van der Waals surface area contributed by atoms with Gasteiger partial charge in [0.05, 0.1) is 18.0 Å². The van der Waals surface area contributed by atoms with Gasteiger partial charge in [0.15, 0.2) is 0 Å². The summed E-state index contributed by atoms with van der Waals surface area (Å²) in [4.78, 5) is 21.8. The van der Waals surface area contributed by atoms with E-state index in [0.717, 1.165) is 35.9 Å². The number of rotatable bonds is 7. The van der Waals surface area contributed by atoms with Crippen LogP contribution in [-0.2, 0) is 6.61 Å². The molecule has 0 aliphatic carbocycles. The lowest BCUT2D eigenvalue weighted by Gasteiger charge is -2.36. The molecule has 0 unspecified atom stereocenters. The van der Waals surface area contributed by atoms with E-state index in [1.165, 1.54) is 5.56 Å². The van der Waals surface area contributed by atoms with E-state index in [9.17, 15) is 4.79 Å². The van der Waals surface area contributed by atoms with E-state index in [-0.39, 0.29) is 5.91 Å². The van der Waals surface area contributed by atoms with Gasteiger partial charge in [-0.1, -0.05) is 18.2 Å². The predicted molar refractivity (Wildman–Crippen MR) is 136 cm³/mol. The van der Waals surface area contributed by atoms with E-state index < -0.39 is 0 Å². The van der Waals surface area contributed by atoms with E-state index >= 15 is 0 Å². The molecule has 0 N–H and O–H groups in total. The summed E-state index contributed by atoms with van der Waals surface area (Å²) < 4.78 is 13.7. The SMILES string of the molecule is CCOc1ccccc1N1CCN(C(=O)c2ccc(OCc3cn4cc(C)ccc4n3)cc2)CC1. The van der Waals surface area contributed by atoms with E-state index in [4.69, 9.17) is 9.47 Å². The lowest BCUT2D eigenvalue weighted by Crippen LogP contribution is -2.48. The lowest BCUT2D eigenvalue weighted by atomic mass is 10.1. The quantitative estimate of drug-likeness (QED) is 0.396. The first-order valence-electron chi connectivity index (χ1n) is 12.0. The number of carbonyl (C=O) groups is 1. The molecule has 180 valence electrons. The third kappa shape index (κ3) is 5.09. The van der Waals surface area contributed by atoms with Crippen molar-refractivity contribution in [2.24, 2.45) is 0 Å². The minimum absolute atomic E-state index is 0.0463. The minimum atomic E-state index is 0.0463. The number of aromatic nitrogens is 2. The summed E-state index contributed by atoms with van der Waals surface area (Å²) in [6.07, 6.45) is 4.02. The molecule has 7 heteroatoms. The first-order chi connectivity index (χ1) is 17.1. The fraction of sp³-hybridized carbons (Fsp3) is 0.286. The fourth-order valence-electron chi connectivity index (χ4n) is 4.41. The van der Waals surface area contributed by atoms with E-state index in [1.807, 2.05) is 83.2 Å². The fourth-order valence-corrected chi connectivity index (χ4v) is 4.41. The van der Waals surface area contributed by atoms with Gasteiger partial charge >= 0.3 is 0 Å². The molecule has 3 heterocycles. The molecule has 7 nitrogen and oxygen atoms in total. The maximum atomic E-state index is 13.1. The topological polar surface area (TPSA) is 59.3 Å². The average Bonchev–Trinajstić information content (AvgIpc) is 3.30. The first-order valence-corrected chi connectivity index (χ1v) is 12.0. The molecule has 2 aromatic heterocycles. The highest BCUT2D eigenvalue weighted by atomic mass is 16.5. The van der Waals surface area contributed by atoms with Crippen LogP contribution in [-0.4, -0.2) is 53.0 Å². The number of hydrogen-bond acceptors (Lipinski definition) is 5. The zero-order valence-electron chi connectivity index (χ0n) is 20.2. The number of nitrogens with zero attached hydrogens (tertiary/aromatic N) is 4. The third-order valence-electron chi connectivity index (χ3n) is 6.21. The molecule has 0 bridgehead atoms. The summed E-state index contributed by atoms with van der Waals surface area (Å²) >= 11 is 0. The van der Waals surface area contributed by atoms with Crippen molar-refractivity contribution in [2.75, 3.05) is 37.7 Å². The van der Waals surface area contributed by atoms with Gasteiger partial charge in [0.25, 0.3) is 5.91 Å². The molecule has 2 aromatic carbocycles. The van der Waals surface area contributed by atoms with Crippen LogP contribution in [0.3, 0.4) is 0 Å². The number of piperazine rings is 1. The molecule has 4 aromatic rings. The number of imidazole rings is 1. The Morgan fingerprint density at radius 1 is 0.914 bits per heavy atom. The Hall–Kier alpha value is -4.00. The van der Waals surface area contributed by atoms with Crippen molar-refractivity contribution < 1.29 is 14.3 Å². The molecule has 1 fully saturated rings. The van der Waals surface area contributed by atoms with E-state index in [1.54, 1.807) is 0 Å². The second-order valence-corrected chi connectivity index (χ2v) is 8.70. The monoisotopic (exact) mass is 470 g/mol. The van der Waals surface area contributed by atoms with Crippen LogP contribution < -0.4 is 14.4 Å². The van der Waals surface area contributed by atoms with Crippen LogP contribution in [0.1, 0.15) is 28.5 Å². The zero-order valence-corrected chi connectivity index (χ0v) is 20.2. The summed E-state index contributed by atoms with van der Waals surface area (Å²) in [6, 6.07) is 19.5. The molecule has 1 aliphatic rings. The van der Waals surface area contributed by atoms with Gasteiger partial charge in [-0.2, -0.15) is 0 Å². The number of fused-ring (bicyclic) bond motifs is 1. The molecule has 35 heavy (non-hydrogen) atoms. The number of anilines is 1. The van der Waals surface area contributed by atoms with E-state index in [2.05, 4.69) is 22.9 Å². The Kier molecular flexibility index (Phi) is 6.57. The Morgan fingerprint density at radius 2 is 1.69 bits per heavy atom. The maximum absolute atomic E-state index is 13.1. The number of benzene rings is 2. The second-order valence-electron chi connectivity index (χ2n) is 8.70. The van der Waals surface area contributed by atoms with Crippen LogP contribution in [0.2, 0.25) is 0 Å². The largest absolute Gasteiger partial charge is 0.492 e. The smallest absolute Gasteiger partial charge is 0.253 e. The Balaban J connectivity index is 1.16. The maximum Gasteiger partial charge on any atom is 0.253 e. The number of carbonyl (C=O) groups excluding carboxylic acids is 1. The second kappa shape index (κ2) is 10.1. The number of amides is 1. The molecular weight excluding hydrogens is 440 g/mol. The standard InChI is InChI=1S/C28H30N4O3/c1-3-34-26-7-5-4-6-25(26)30-14-16-31(17-15-30)28(33)22-9-11-24(12-10-22)35-20-23-19-32-18-21(2)8-13-27(32)29-23/h4-13,18-19H,3,14-17,20H2,1-2H3. The van der Waals surface area contributed by atoms with Gasteiger partial charge < -0.3 is 23.7 Å². The summed E-state index contributed by atoms with van der Waals surface area (Å²) in [5, 5.41) is 0. The van der Waals surface area contributed by atoms with Crippen LogP contribution >= 0.6 is 0 Å². The van der Waals surface area contributed by atoms with Crippen LogP contribution in [0.15, 0.2) is 73.1 Å². The van der Waals surface area contributed by atoms with E-state index in [0.29, 0.717) is 37.6 Å². The van der Waals surface area contributed by atoms with Crippen molar-refractivity contribution >= 4 is 17.2 Å². The molecule has 0 saturated carbocycles. The minimum Gasteiger partial charge on any atom is -0.492 e. The van der Waals surface area contributed by atoms with Gasteiger partial charge in [-0.3, -0.25) is 4.79 Å². The first kappa shape index (κ1) is 22.8. The summed E-state index contributed by atoms with van der Waals surface area (Å²) in [5.41, 5.74) is 4.70. The van der Waals surface area contributed by atoms with Crippen LogP contribution in [0.4, 0.5) is 5.69 Å². The molecule has 0 spiro atoms. The van der Waals surface area contributed by atoms with Crippen molar-refractivity contribution in [1.82, 2.24) is 14.3 Å². The van der Waals surface area contributed by atoms with Crippen molar-refractivity contribution in [1.29, 1.82) is 0 Å². The Morgan fingerprint density at radius 3 is 2.46 bits per heavy atom. The number of pyridine rings is 1. The summed E-state index contributed by atoms with van der Waals surface area (Å²) in [6.45, 7) is 7.94. The van der Waals surface area contributed by atoms with Crippen molar-refractivity contribution in [2.45, 2.75) is 20.5 Å². The van der Waals surface area contributed by atoms with Gasteiger partial charge in [-0.05, 0) is 61.9 Å². The molecular formula is C28H30N4O3. The Labute approximate surface area is 205 Å². The highest BCUT2D eigenvalue weighted by molar-refractivity contribution is 5.94. The molecule has 1 aliphatic heterocycles. The van der Waals surface area contributed by atoms with Crippen LogP contribution in [0.25, 0.3) is 5.65 Å². The number of ether oxygens (including phenoxy) is 2. The van der Waals surface area contributed by atoms with Gasteiger partial charge in [0.1, 0.15) is 23.8 Å². The van der Waals surface area contributed by atoms with Gasteiger partial charge in [-0.15, -0.1) is 0 Å². The number of aryl methyl sites for hydroxylation is 1. The van der Waals surface area contributed by atoms with Gasteiger partial charge in [-0.25, -0.2) is 4.98 Å². The average molecular weight is 471 g/mol. The molecule has 0 atom stereocenters. The Bertz CT molecular complexity index is 1310. The molecule has 5 rings (SSSR count). The number of hydrogen-bond donors (Lipinski definition) is 0. The highest BCUT2D eigenvalue weighted by Crippen LogP contribution is 2.29. The predicted octanol–water partition coefficient (Wildman–Crippen LogP) is 4.58. The van der Waals surface area contributed by atoms with Crippen LogP contribution in [0.5, 0.6) is 11.5 Å². The third-order valence-corrected chi connectivity index (χ3v) is 6.21. The highest BCUT2D eigenvalue weighted by Gasteiger charge is 2.23. The van der Waals surface area contributed by atoms with Crippen LogP contribution in [0, 0.1) is 6.92 Å². The lowest BCUT2D eigenvalue weighted by molar-refractivity contribution is 0.0746. The van der Waals surface area contributed by atoms with Crippen molar-refractivity contribution in [3.8, 4) is 11.5 Å². The number of para-hydroxylation sites is 2. The summed E-state index contributed by atoms with van der Waals surface area (Å²) in [7, 11) is 0. The molecule has 1 saturated heterocycles. The normalized spacial score (nSPS) is 13.8. The molecule has 0 radical (unpaired) electrons. The van der Waals surface area contributed by atoms with Crippen molar-refractivity contribution in [3.63, 3.8) is 0 Å².